The van der Waals surface area contributed by atoms with E-state index in [1.807, 2.05) is 32.0 Å². The van der Waals surface area contributed by atoms with E-state index >= 15 is 0 Å². The summed E-state index contributed by atoms with van der Waals surface area (Å²) in [5.41, 5.74) is 1.95. The van der Waals surface area contributed by atoms with Gasteiger partial charge in [0.05, 0.1) is 16.8 Å². The fourth-order valence-corrected chi connectivity index (χ4v) is 2.40. The van der Waals surface area contributed by atoms with Crippen molar-refractivity contribution in [3.8, 4) is 0 Å². The van der Waals surface area contributed by atoms with Crippen LogP contribution >= 0.6 is 11.6 Å². The molecule has 4 heteroatoms. The van der Waals surface area contributed by atoms with Crippen molar-refractivity contribution in [1.82, 2.24) is 5.32 Å². The van der Waals surface area contributed by atoms with E-state index in [4.69, 9.17) is 11.6 Å². The Kier molecular flexibility index (Phi) is 3.69. The molecule has 0 aliphatic carbocycles. The quantitative estimate of drug-likeness (QED) is 0.896. The standard InChI is InChI=1S/C13H17ClN2O/c1-3-15-11-6-7-16(13(11)17)12-8-9(2)4-5-10(12)14/h4-5,8,11,15H,3,6-7H2,1-2H3. The molecule has 1 aromatic rings. The number of likely N-dealkylation sites (N-methyl/N-ethyl adjacent to an activating group) is 1. The lowest BCUT2D eigenvalue weighted by atomic mass is 10.2. The number of hydrogen-bond acceptors (Lipinski definition) is 2. The van der Waals surface area contributed by atoms with Crippen LogP contribution in [0, 0.1) is 6.92 Å². The summed E-state index contributed by atoms with van der Waals surface area (Å²) in [4.78, 5) is 13.9. The van der Waals surface area contributed by atoms with Gasteiger partial charge in [-0.15, -0.1) is 0 Å². The predicted octanol–water partition coefficient (Wildman–Crippen LogP) is 2.36. The maximum Gasteiger partial charge on any atom is 0.244 e. The van der Waals surface area contributed by atoms with Crippen molar-refractivity contribution in [1.29, 1.82) is 0 Å². The molecule has 1 aromatic carbocycles. The van der Waals surface area contributed by atoms with Crippen LogP contribution in [0.5, 0.6) is 0 Å². The number of halogens is 1. The zero-order valence-corrected chi connectivity index (χ0v) is 10.9. The molecule has 1 aliphatic rings. The zero-order valence-electron chi connectivity index (χ0n) is 10.2. The molecule has 17 heavy (non-hydrogen) atoms. The highest BCUT2D eigenvalue weighted by Gasteiger charge is 2.32. The average Bonchev–Trinajstić information content (AvgIpc) is 2.65. The summed E-state index contributed by atoms with van der Waals surface area (Å²) in [6.45, 7) is 5.56. The number of nitrogens with one attached hydrogen (secondary N) is 1. The SMILES string of the molecule is CCNC1CCN(c2cc(C)ccc2Cl)C1=O. The second kappa shape index (κ2) is 5.07. The monoisotopic (exact) mass is 252 g/mol. The second-order valence-electron chi connectivity index (χ2n) is 4.34. The lowest BCUT2D eigenvalue weighted by Gasteiger charge is -2.19. The maximum atomic E-state index is 12.2. The molecular weight excluding hydrogens is 236 g/mol. The smallest absolute Gasteiger partial charge is 0.244 e. The maximum absolute atomic E-state index is 12.2. The molecule has 0 bridgehead atoms. The molecule has 1 N–H and O–H groups in total. The number of anilines is 1. The van der Waals surface area contributed by atoms with E-state index in [-0.39, 0.29) is 11.9 Å². The Morgan fingerprint density at radius 2 is 2.29 bits per heavy atom. The average molecular weight is 253 g/mol. The highest BCUT2D eigenvalue weighted by Crippen LogP contribution is 2.30. The molecule has 1 saturated heterocycles. The van der Waals surface area contributed by atoms with Crippen LogP contribution < -0.4 is 10.2 Å². The summed E-state index contributed by atoms with van der Waals surface area (Å²) in [6.07, 6.45) is 0.844. The summed E-state index contributed by atoms with van der Waals surface area (Å²) >= 11 is 6.15. The van der Waals surface area contributed by atoms with Crippen molar-refractivity contribution in [2.75, 3.05) is 18.0 Å². The van der Waals surface area contributed by atoms with Gasteiger partial charge < -0.3 is 10.2 Å². The number of carbonyl (C=O) groups excluding carboxylic acids is 1. The van der Waals surface area contributed by atoms with Gasteiger partial charge in [0, 0.05) is 6.54 Å². The third kappa shape index (κ3) is 2.45. The fraction of sp³-hybridized carbons (Fsp3) is 0.462. The van der Waals surface area contributed by atoms with Crippen LogP contribution in [0.15, 0.2) is 18.2 Å². The number of nitrogens with zero attached hydrogens (tertiary/aromatic N) is 1. The van der Waals surface area contributed by atoms with E-state index in [0.29, 0.717) is 5.02 Å². The van der Waals surface area contributed by atoms with Crippen LogP contribution in [0.2, 0.25) is 5.02 Å². The normalized spacial score (nSPS) is 20.1. The molecule has 0 spiro atoms. The first-order valence-electron chi connectivity index (χ1n) is 5.94. The highest BCUT2D eigenvalue weighted by atomic mass is 35.5. The molecule has 92 valence electrons. The van der Waals surface area contributed by atoms with Crippen molar-refractivity contribution in [2.45, 2.75) is 26.3 Å². The molecule has 0 aromatic heterocycles. The predicted molar refractivity (Wildman–Crippen MR) is 70.6 cm³/mol. The summed E-state index contributed by atoms with van der Waals surface area (Å²) < 4.78 is 0. The third-order valence-electron chi connectivity index (χ3n) is 3.05. The van der Waals surface area contributed by atoms with Gasteiger partial charge in [-0.3, -0.25) is 4.79 Å². The van der Waals surface area contributed by atoms with Gasteiger partial charge in [-0.25, -0.2) is 0 Å². The molecule has 1 fully saturated rings. The van der Waals surface area contributed by atoms with Crippen LogP contribution in [-0.2, 0) is 4.79 Å². The van der Waals surface area contributed by atoms with E-state index in [0.717, 1.165) is 30.8 Å². The number of benzene rings is 1. The minimum Gasteiger partial charge on any atom is -0.309 e. The minimum atomic E-state index is -0.0587. The number of hydrogen-bond donors (Lipinski definition) is 1. The van der Waals surface area contributed by atoms with Gasteiger partial charge in [-0.2, -0.15) is 0 Å². The Morgan fingerprint density at radius 1 is 1.53 bits per heavy atom. The van der Waals surface area contributed by atoms with Crippen molar-refractivity contribution >= 4 is 23.2 Å². The van der Waals surface area contributed by atoms with Crippen molar-refractivity contribution in [3.63, 3.8) is 0 Å². The Morgan fingerprint density at radius 3 is 3.00 bits per heavy atom. The topological polar surface area (TPSA) is 32.3 Å². The van der Waals surface area contributed by atoms with Crippen LogP contribution in [0.25, 0.3) is 0 Å². The van der Waals surface area contributed by atoms with Crippen LogP contribution in [0.4, 0.5) is 5.69 Å². The molecule has 1 aliphatic heterocycles. The van der Waals surface area contributed by atoms with Crippen LogP contribution in [0.3, 0.4) is 0 Å². The molecule has 3 nitrogen and oxygen atoms in total. The molecule has 1 unspecified atom stereocenters. The Hall–Kier alpha value is -1.06. The van der Waals surface area contributed by atoms with E-state index in [2.05, 4.69) is 5.32 Å². The van der Waals surface area contributed by atoms with Gasteiger partial charge in [0.1, 0.15) is 0 Å². The van der Waals surface area contributed by atoms with Crippen LogP contribution in [-0.4, -0.2) is 25.0 Å². The molecule has 1 heterocycles. The number of aryl methyl sites for hydroxylation is 1. The Balaban J connectivity index is 2.24. The molecular formula is C13H17ClN2O. The van der Waals surface area contributed by atoms with E-state index in [9.17, 15) is 4.79 Å². The van der Waals surface area contributed by atoms with Crippen molar-refractivity contribution in [3.05, 3.63) is 28.8 Å². The zero-order chi connectivity index (χ0) is 12.4. The largest absolute Gasteiger partial charge is 0.309 e. The lowest BCUT2D eigenvalue weighted by molar-refractivity contribution is -0.118. The van der Waals surface area contributed by atoms with E-state index in [1.165, 1.54) is 0 Å². The molecule has 1 atom stereocenters. The van der Waals surface area contributed by atoms with Crippen LogP contribution in [0.1, 0.15) is 18.9 Å². The number of carbonyl (C=O) groups is 1. The van der Waals surface area contributed by atoms with Gasteiger partial charge in [0.2, 0.25) is 5.91 Å². The van der Waals surface area contributed by atoms with Gasteiger partial charge in [0.25, 0.3) is 0 Å². The summed E-state index contributed by atoms with van der Waals surface area (Å²) in [5.74, 6) is 0.124. The summed E-state index contributed by atoms with van der Waals surface area (Å²) in [6, 6.07) is 5.71. The summed E-state index contributed by atoms with van der Waals surface area (Å²) in [7, 11) is 0. The molecule has 0 saturated carbocycles. The van der Waals surface area contributed by atoms with Crippen molar-refractivity contribution in [2.24, 2.45) is 0 Å². The summed E-state index contributed by atoms with van der Waals surface area (Å²) in [5, 5.41) is 3.83. The third-order valence-corrected chi connectivity index (χ3v) is 3.37. The van der Waals surface area contributed by atoms with Gasteiger partial charge >= 0.3 is 0 Å². The number of rotatable bonds is 3. The van der Waals surface area contributed by atoms with Gasteiger partial charge in [-0.05, 0) is 37.6 Å². The molecule has 2 rings (SSSR count). The highest BCUT2D eigenvalue weighted by molar-refractivity contribution is 6.34. The first-order chi connectivity index (χ1) is 8.13. The first kappa shape index (κ1) is 12.4. The second-order valence-corrected chi connectivity index (χ2v) is 4.75. The molecule has 0 radical (unpaired) electrons. The minimum absolute atomic E-state index is 0.0587. The van der Waals surface area contributed by atoms with Gasteiger partial charge in [0.15, 0.2) is 0 Å². The van der Waals surface area contributed by atoms with E-state index < -0.39 is 0 Å². The lowest BCUT2D eigenvalue weighted by Crippen LogP contribution is -2.38. The first-order valence-corrected chi connectivity index (χ1v) is 6.32. The Labute approximate surface area is 107 Å². The fourth-order valence-electron chi connectivity index (χ4n) is 2.18. The van der Waals surface area contributed by atoms with E-state index in [1.54, 1.807) is 4.90 Å². The van der Waals surface area contributed by atoms with Crippen molar-refractivity contribution < 1.29 is 4.79 Å². The molecule has 1 amide bonds. The van der Waals surface area contributed by atoms with Gasteiger partial charge in [-0.1, -0.05) is 24.6 Å². The number of amides is 1. The Bertz CT molecular complexity index is 433.